The van der Waals surface area contributed by atoms with Gasteiger partial charge >= 0.3 is 0 Å². The third kappa shape index (κ3) is 8.72. The molecule has 54 heavy (non-hydrogen) atoms. The van der Waals surface area contributed by atoms with E-state index < -0.39 is 0 Å². The molecule has 0 bridgehead atoms. The molecule has 6 rings (SSSR count). The monoisotopic (exact) mass is 712 g/mol. The Morgan fingerprint density at radius 3 is 1.02 bits per heavy atom. The van der Waals surface area contributed by atoms with Gasteiger partial charge in [0.05, 0.1) is 22.5 Å². The Bertz CT molecular complexity index is 1920. The van der Waals surface area contributed by atoms with Crippen LogP contribution in [0, 0.1) is 0 Å². The maximum absolute atomic E-state index is 14.6. The van der Waals surface area contributed by atoms with Crippen molar-refractivity contribution in [1.82, 2.24) is 9.80 Å². The molecule has 0 spiro atoms. The first-order valence-electron chi connectivity index (χ1n) is 19.6. The molecule has 4 nitrogen and oxygen atoms in total. The average molecular weight is 713 g/mol. The summed E-state index contributed by atoms with van der Waals surface area (Å²) in [6, 6.07) is 33.0. The average Bonchev–Trinajstić information content (AvgIpc) is 3.66. The first-order chi connectivity index (χ1) is 26.4. The van der Waals surface area contributed by atoms with Crippen LogP contribution in [0.1, 0.15) is 110 Å². The van der Waals surface area contributed by atoms with E-state index in [-0.39, 0.29) is 11.8 Å². The van der Waals surface area contributed by atoms with Crippen molar-refractivity contribution in [3.8, 4) is 0 Å². The van der Waals surface area contributed by atoms with E-state index in [1.807, 2.05) is 22.0 Å². The number of hydrogen-bond acceptors (Lipinski definition) is 2. The molecule has 0 unspecified atom stereocenters. The predicted octanol–water partition coefficient (Wildman–Crippen LogP) is 12.3. The zero-order valence-electron chi connectivity index (χ0n) is 31.9. The smallest absolute Gasteiger partial charge is 0.261 e. The minimum absolute atomic E-state index is 0.0743. The van der Waals surface area contributed by atoms with E-state index >= 15 is 0 Å². The van der Waals surface area contributed by atoms with Gasteiger partial charge in [0.1, 0.15) is 0 Å². The molecule has 4 aromatic rings. The van der Waals surface area contributed by atoms with Crippen LogP contribution in [0.2, 0.25) is 0 Å². The van der Waals surface area contributed by atoms with Crippen LogP contribution in [0.5, 0.6) is 0 Å². The Kier molecular flexibility index (Phi) is 12.9. The summed E-state index contributed by atoms with van der Waals surface area (Å²) in [6.45, 7) is 13.2. The third-order valence-corrected chi connectivity index (χ3v) is 10.3. The fourth-order valence-electron chi connectivity index (χ4n) is 7.19. The van der Waals surface area contributed by atoms with E-state index in [4.69, 9.17) is 0 Å². The van der Waals surface area contributed by atoms with Crippen molar-refractivity contribution in [2.24, 2.45) is 0 Å². The number of rotatable bonds is 18. The van der Waals surface area contributed by atoms with E-state index in [1.54, 1.807) is 0 Å². The summed E-state index contributed by atoms with van der Waals surface area (Å²) in [5, 5.41) is 0. The largest absolute Gasteiger partial charge is 0.307 e. The number of carbonyl (C=O) groups excluding carboxylic acids is 2. The van der Waals surface area contributed by atoms with E-state index in [2.05, 4.69) is 148 Å². The van der Waals surface area contributed by atoms with E-state index in [0.717, 1.165) is 107 Å². The van der Waals surface area contributed by atoms with Crippen LogP contribution in [0.25, 0.3) is 47.9 Å². The van der Waals surface area contributed by atoms with Crippen molar-refractivity contribution in [3.05, 3.63) is 166 Å². The number of fused-ring (bicyclic) bond motifs is 1. The molecule has 0 aromatic heterocycles. The topological polar surface area (TPSA) is 40.6 Å². The van der Waals surface area contributed by atoms with Gasteiger partial charge in [0.15, 0.2) is 0 Å². The van der Waals surface area contributed by atoms with Gasteiger partial charge in [-0.25, -0.2) is 0 Å². The minimum Gasteiger partial charge on any atom is -0.307 e. The molecule has 2 aliphatic rings. The Hall–Kier alpha value is -5.74. The van der Waals surface area contributed by atoms with Gasteiger partial charge in [0.25, 0.3) is 11.8 Å². The molecule has 4 heteroatoms. The van der Waals surface area contributed by atoms with Crippen molar-refractivity contribution in [2.75, 3.05) is 13.1 Å². The van der Waals surface area contributed by atoms with Crippen LogP contribution in [-0.4, -0.2) is 34.7 Å². The van der Waals surface area contributed by atoms with Gasteiger partial charge in [0, 0.05) is 13.1 Å². The van der Waals surface area contributed by atoms with Crippen LogP contribution < -0.4 is 0 Å². The van der Waals surface area contributed by atoms with Crippen molar-refractivity contribution in [2.45, 2.75) is 65.2 Å². The molecule has 0 atom stereocenters. The quantitative estimate of drug-likeness (QED) is 0.0761. The highest BCUT2D eigenvalue weighted by Crippen LogP contribution is 2.47. The van der Waals surface area contributed by atoms with Gasteiger partial charge in [-0.3, -0.25) is 9.59 Å². The van der Waals surface area contributed by atoms with Gasteiger partial charge in [-0.2, -0.15) is 0 Å². The number of unbranched alkanes of at least 4 members (excludes halogenated alkanes) is 6. The Morgan fingerprint density at radius 2 is 0.722 bits per heavy atom. The highest BCUT2D eigenvalue weighted by atomic mass is 16.2. The Labute approximate surface area is 322 Å². The fraction of sp³-hybridized carbons (Fsp3) is 0.240. The molecule has 0 aliphatic carbocycles. The van der Waals surface area contributed by atoms with E-state index in [1.165, 1.54) is 0 Å². The standard InChI is InChI=1S/C50H52N2O2/c1-5-9-11-13-35-51-47(43-31-27-41(28-32-43)25-23-39-19-15-37(7-3)16-20-39)45-46(49(51)53)48(52(50(45)54)36-14-12-10-6-2)44-33-29-42(30-34-44)26-24-40-21-17-38(8-4)18-22-40/h7-8,15-34H,3-6,9-14,35-36H2,1-2H3/b25-23+,26-24+. The van der Waals surface area contributed by atoms with Gasteiger partial charge in [-0.15, -0.1) is 0 Å². The van der Waals surface area contributed by atoms with Crippen molar-refractivity contribution in [3.63, 3.8) is 0 Å². The van der Waals surface area contributed by atoms with Crippen molar-refractivity contribution in [1.29, 1.82) is 0 Å². The lowest BCUT2D eigenvalue weighted by atomic mass is 10.0. The van der Waals surface area contributed by atoms with Gasteiger partial charge in [-0.1, -0.05) is 199 Å². The zero-order valence-corrected chi connectivity index (χ0v) is 31.9. The number of amides is 2. The third-order valence-electron chi connectivity index (χ3n) is 10.3. The molecule has 0 saturated carbocycles. The molecule has 2 amide bonds. The summed E-state index contributed by atoms with van der Waals surface area (Å²) >= 11 is 0. The summed E-state index contributed by atoms with van der Waals surface area (Å²) < 4.78 is 0. The summed E-state index contributed by atoms with van der Waals surface area (Å²) in [5.74, 6) is -0.149. The lowest BCUT2D eigenvalue weighted by Crippen LogP contribution is -2.31. The Balaban J connectivity index is 1.37. The normalized spacial score (nSPS) is 14.3. The predicted molar refractivity (Wildman–Crippen MR) is 229 cm³/mol. The first kappa shape index (κ1) is 38.0. The van der Waals surface area contributed by atoms with Crippen LogP contribution in [0.3, 0.4) is 0 Å². The summed E-state index contributed by atoms with van der Waals surface area (Å²) in [4.78, 5) is 33.0. The van der Waals surface area contributed by atoms with Crippen LogP contribution in [0.15, 0.2) is 121 Å². The van der Waals surface area contributed by atoms with Crippen molar-refractivity contribution < 1.29 is 9.59 Å². The second-order valence-electron chi connectivity index (χ2n) is 14.1. The molecule has 2 aliphatic heterocycles. The maximum atomic E-state index is 14.6. The molecule has 2 heterocycles. The summed E-state index contributed by atoms with van der Waals surface area (Å²) in [6.07, 6.45) is 20.4. The van der Waals surface area contributed by atoms with Gasteiger partial charge in [0.2, 0.25) is 0 Å². The zero-order chi connectivity index (χ0) is 37.9. The number of carbonyl (C=O) groups is 2. The lowest BCUT2D eigenvalue weighted by Gasteiger charge is -2.25. The van der Waals surface area contributed by atoms with Crippen LogP contribution >= 0.6 is 0 Å². The molecule has 0 saturated heterocycles. The second-order valence-corrected chi connectivity index (χ2v) is 14.1. The van der Waals surface area contributed by atoms with Gasteiger partial charge < -0.3 is 9.80 Å². The molecule has 0 radical (unpaired) electrons. The molecule has 0 fully saturated rings. The second kappa shape index (κ2) is 18.3. The molecule has 0 N–H and O–H groups in total. The van der Waals surface area contributed by atoms with E-state index in [0.29, 0.717) is 24.2 Å². The van der Waals surface area contributed by atoms with Crippen LogP contribution in [0.4, 0.5) is 0 Å². The molecule has 4 aromatic carbocycles. The van der Waals surface area contributed by atoms with E-state index in [9.17, 15) is 9.59 Å². The molecular formula is C50H52N2O2. The minimum atomic E-state index is -0.0743. The number of nitrogens with zero attached hydrogens (tertiary/aromatic N) is 2. The first-order valence-corrected chi connectivity index (χ1v) is 19.6. The fourth-order valence-corrected chi connectivity index (χ4v) is 7.19. The van der Waals surface area contributed by atoms with Crippen molar-refractivity contribution >= 4 is 59.7 Å². The highest BCUT2D eigenvalue weighted by Gasteiger charge is 2.48. The van der Waals surface area contributed by atoms with Crippen LogP contribution in [-0.2, 0) is 9.59 Å². The summed E-state index contributed by atoms with van der Waals surface area (Å²) in [7, 11) is 0. The SMILES string of the molecule is C=Cc1ccc(/C=C/c2ccc(C3=C4C(=O)N(CCCCCC)C(c5ccc(/C=C/c6ccc(C=C)cc6)cc5)=C4C(=O)N3CCCCCC)cc2)cc1. The molecular weight excluding hydrogens is 661 g/mol. The lowest BCUT2D eigenvalue weighted by molar-refractivity contribution is -0.124. The van der Waals surface area contributed by atoms with Gasteiger partial charge in [-0.05, 0) is 57.3 Å². The Morgan fingerprint density at radius 1 is 0.426 bits per heavy atom. The number of benzene rings is 4. The highest BCUT2D eigenvalue weighted by molar-refractivity contribution is 6.30. The molecule has 274 valence electrons. The maximum Gasteiger partial charge on any atom is 0.261 e. The summed E-state index contributed by atoms with van der Waals surface area (Å²) in [5.41, 5.74) is 10.8. The number of hydrogen-bond donors (Lipinski definition) is 0.